The van der Waals surface area contributed by atoms with Gasteiger partial charge in [0.15, 0.2) is 0 Å². The molecular formula is C14H22N4O3. The van der Waals surface area contributed by atoms with Gasteiger partial charge in [-0.05, 0) is 39.7 Å². The lowest BCUT2D eigenvalue weighted by atomic mass is 10.2. The molecule has 21 heavy (non-hydrogen) atoms. The predicted octanol–water partition coefficient (Wildman–Crippen LogP) is 1.78. The van der Waals surface area contributed by atoms with Crippen molar-refractivity contribution in [1.29, 1.82) is 0 Å². The maximum atomic E-state index is 11.7. The van der Waals surface area contributed by atoms with Crippen molar-refractivity contribution in [3.05, 3.63) is 12.3 Å². The molecule has 7 nitrogen and oxygen atoms in total. The molecule has 0 saturated carbocycles. The molecule has 0 aromatic carbocycles. The number of ether oxygens (including phenoxy) is 1. The molecule has 2 rings (SSSR count). The molecular weight excluding hydrogens is 272 g/mol. The van der Waals surface area contributed by atoms with Gasteiger partial charge in [-0.15, -0.1) is 0 Å². The van der Waals surface area contributed by atoms with Gasteiger partial charge in [0.1, 0.15) is 11.4 Å². The Bertz CT molecular complexity index is 501. The topological polar surface area (TPSA) is 87.6 Å². The molecule has 0 spiro atoms. The summed E-state index contributed by atoms with van der Waals surface area (Å²) in [6.07, 6.45) is 2.96. The van der Waals surface area contributed by atoms with Gasteiger partial charge in [-0.25, -0.2) is 9.78 Å². The number of hydrogen-bond donors (Lipinski definition) is 2. The van der Waals surface area contributed by atoms with Crippen molar-refractivity contribution >= 4 is 17.9 Å². The molecule has 1 aliphatic rings. The number of carbonyl (C=O) groups excluding carboxylic acids is 1. The molecule has 1 unspecified atom stereocenters. The van der Waals surface area contributed by atoms with E-state index in [4.69, 9.17) is 4.74 Å². The molecule has 0 aliphatic carbocycles. The number of nitrogens with zero attached hydrogens (tertiary/aromatic N) is 3. The highest BCUT2D eigenvalue weighted by atomic mass is 16.6. The lowest BCUT2D eigenvalue weighted by Gasteiger charge is -2.24. The fourth-order valence-corrected chi connectivity index (χ4v) is 2.29. The van der Waals surface area contributed by atoms with E-state index in [1.165, 1.54) is 0 Å². The Hall–Kier alpha value is -1.89. The number of anilines is 2. The van der Waals surface area contributed by atoms with Crippen LogP contribution in [0.4, 0.5) is 16.6 Å². The second-order valence-corrected chi connectivity index (χ2v) is 6.04. The first-order valence-corrected chi connectivity index (χ1v) is 7.09. The Morgan fingerprint density at radius 1 is 1.57 bits per heavy atom. The maximum absolute atomic E-state index is 11.7. The van der Waals surface area contributed by atoms with Crippen molar-refractivity contribution < 1.29 is 14.6 Å². The Kier molecular flexibility index (Phi) is 4.62. The van der Waals surface area contributed by atoms with Crippen LogP contribution in [-0.2, 0) is 4.74 Å². The summed E-state index contributed by atoms with van der Waals surface area (Å²) >= 11 is 0. The van der Waals surface area contributed by atoms with Crippen LogP contribution in [0.2, 0.25) is 0 Å². The summed E-state index contributed by atoms with van der Waals surface area (Å²) in [7, 11) is 0. The first-order chi connectivity index (χ1) is 9.89. The third kappa shape index (κ3) is 4.29. The van der Waals surface area contributed by atoms with Crippen LogP contribution in [0.25, 0.3) is 0 Å². The first kappa shape index (κ1) is 15.5. The number of aliphatic hydroxyl groups excluding tert-OH is 1. The molecule has 7 heteroatoms. The minimum atomic E-state index is -0.584. The van der Waals surface area contributed by atoms with Gasteiger partial charge in [0.05, 0.1) is 12.6 Å². The quantitative estimate of drug-likeness (QED) is 0.883. The van der Waals surface area contributed by atoms with Gasteiger partial charge in [-0.2, -0.15) is 4.98 Å². The van der Waals surface area contributed by atoms with E-state index in [0.717, 1.165) is 19.4 Å². The smallest absolute Gasteiger partial charge is 0.414 e. The first-order valence-electron chi connectivity index (χ1n) is 7.09. The van der Waals surface area contributed by atoms with Crippen LogP contribution in [0.5, 0.6) is 0 Å². The molecule has 0 radical (unpaired) electrons. The zero-order valence-electron chi connectivity index (χ0n) is 12.7. The third-order valence-electron chi connectivity index (χ3n) is 3.14. The van der Waals surface area contributed by atoms with E-state index in [-0.39, 0.29) is 18.6 Å². The van der Waals surface area contributed by atoms with Crippen molar-refractivity contribution in [3.8, 4) is 0 Å². The van der Waals surface area contributed by atoms with Crippen LogP contribution >= 0.6 is 0 Å². The lowest BCUT2D eigenvalue weighted by molar-refractivity contribution is 0.0634. The van der Waals surface area contributed by atoms with Crippen LogP contribution in [0.3, 0.4) is 0 Å². The summed E-state index contributed by atoms with van der Waals surface area (Å²) in [5, 5.41) is 11.9. The van der Waals surface area contributed by atoms with Crippen molar-refractivity contribution in [2.45, 2.75) is 45.3 Å². The highest BCUT2D eigenvalue weighted by Crippen LogP contribution is 2.23. The molecule has 116 valence electrons. The average Bonchev–Trinajstić information content (AvgIpc) is 2.84. The highest BCUT2D eigenvalue weighted by Gasteiger charge is 2.25. The zero-order chi connectivity index (χ0) is 15.5. The van der Waals surface area contributed by atoms with Crippen molar-refractivity contribution in [2.24, 2.45) is 0 Å². The van der Waals surface area contributed by atoms with E-state index in [9.17, 15) is 9.90 Å². The Morgan fingerprint density at radius 2 is 2.33 bits per heavy atom. The minimum Gasteiger partial charge on any atom is -0.444 e. The zero-order valence-corrected chi connectivity index (χ0v) is 12.7. The molecule has 1 aliphatic heterocycles. The molecule has 2 N–H and O–H groups in total. The molecule has 1 saturated heterocycles. The van der Waals surface area contributed by atoms with Crippen molar-refractivity contribution in [3.63, 3.8) is 0 Å². The van der Waals surface area contributed by atoms with Crippen LogP contribution in [0.1, 0.15) is 33.6 Å². The number of amides is 1. The highest BCUT2D eigenvalue weighted by molar-refractivity contribution is 5.82. The third-order valence-corrected chi connectivity index (χ3v) is 3.14. The maximum Gasteiger partial charge on any atom is 0.414 e. The van der Waals surface area contributed by atoms with Gasteiger partial charge in [0, 0.05) is 12.7 Å². The van der Waals surface area contributed by atoms with Crippen LogP contribution in [0.15, 0.2) is 12.3 Å². The Balaban J connectivity index is 2.06. The van der Waals surface area contributed by atoms with Crippen LogP contribution in [-0.4, -0.2) is 46.0 Å². The summed E-state index contributed by atoms with van der Waals surface area (Å²) in [6.45, 7) is 6.31. The van der Waals surface area contributed by atoms with Gasteiger partial charge in [-0.1, -0.05) is 0 Å². The second kappa shape index (κ2) is 6.26. The number of aromatic nitrogens is 2. The van der Waals surface area contributed by atoms with Crippen molar-refractivity contribution in [1.82, 2.24) is 9.97 Å². The lowest BCUT2D eigenvalue weighted by Crippen LogP contribution is -2.33. The number of hydrogen-bond acceptors (Lipinski definition) is 6. The van der Waals surface area contributed by atoms with Gasteiger partial charge >= 0.3 is 6.09 Å². The normalized spacial score (nSPS) is 18.7. The number of rotatable bonds is 3. The molecule has 2 heterocycles. The number of nitrogens with one attached hydrogen (secondary N) is 1. The second-order valence-electron chi connectivity index (χ2n) is 6.04. The van der Waals surface area contributed by atoms with Gasteiger partial charge in [-0.3, -0.25) is 5.32 Å². The molecule has 1 aromatic rings. The standard InChI is InChI=1S/C14H22N4O3/c1-14(2,3)21-13(20)17-12-15-7-6-11(16-12)18-8-4-5-10(18)9-19/h6-7,10,19H,4-5,8-9H2,1-3H3,(H,15,16,17,20). The molecule has 1 fully saturated rings. The minimum absolute atomic E-state index is 0.0780. The van der Waals surface area contributed by atoms with Gasteiger partial charge in [0.2, 0.25) is 5.95 Å². The summed E-state index contributed by atoms with van der Waals surface area (Å²) in [5.41, 5.74) is -0.571. The van der Waals surface area contributed by atoms with E-state index >= 15 is 0 Å². The summed E-state index contributed by atoms with van der Waals surface area (Å²) in [6, 6.07) is 1.85. The average molecular weight is 294 g/mol. The van der Waals surface area contributed by atoms with E-state index in [1.54, 1.807) is 33.0 Å². The summed E-state index contributed by atoms with van der Waals surface area (Å²) < 4.78 is 5.17. The Morgan fingerprint density at radius 3 is 3.00 bits per heavy atom. The van der Waals surface area contributed by atoms with Crippen LogP contribution < -0.4 is 10.2 Å². The fraction of sp³-hybridized carbons (Fsp3) is 0.643. The molecule has 1 amide bonds. The molecule has 0 bridgehead atoms. The SMILES string of the molecule is CC(C)(C)OC(=O)Nc1nccc(N2CCCC2CO)n1. The van der Waals surface area contributed by atoms with Gasteiger partial charge in [0.25, 0.3) is 0 Å². The summed E-state index contributed by atoms with van der Waals surface area (Å²) in [4.78, 5) is 22.1. The van der Waals surface area contributed by atoms with Gasteiger partial charge < -0.3 is 14.7 Å². The van der Waals surface area contributed by atoms with Crippen molar-refractivity contribution in [2.75, 3.05) is 23.4 Å². The Labute approximate surface area is 124 Å². The number of carbonyl (C=O) groups is 1. The molecule has 1 atom stereocenters. The van der Waals surface area contributed by atoms with Crippen LogP contribution in [0, 0.1) is 0 Å². The largest absolute Gasteiger partial charge is 0.444 e. The predicted molar refractivity (Wildman–Crippen MR) is 79.3 cm³/mol. The monoisotopic (exact) mass is 294 g/mol. The fourth-order valence-electron chi connectivity index (χ4n) is 2.29. The summed E-state index contributed by atoms with van der Waals surface area (Å²) in [5.74, 6) is 0.901. The molecule has 1 aromatic heterocycles. The van der Waals surface area contributed by atoms with E-state index in [2.05, 4.69) is 15.3 Å². The van der Waals surface area contributed by atoms with E-state index in [1.807, 2.05) is 4.90 Å². The van der Waals surface area contributed by atoms with E-state index < -0.39 is 11.7 Å². The number of aliphatic hydroxyl groups is 1. The van der Waals surface area contributed by atoms with E-state index in [0.29, 0.717) is 5.82 Å².